The third-order valence-corrected chi connectivity index (χ3v) is 3.97. The normalized spacial score (nSPS) is 20.6. The van der Waals surface area contributed by atoms with E-state index in [1.54, 1.807) is 0 Å². The van der Waals surface area contributed by atoms with Gasteiger partial charge in [0.05, 0.1) is 6.54 Å². The zero-order valence-electron chi connectivity index (χ0n) is 12.3. The van der Waals surface area contributed by atoms with Crippen molar-refractivity contribution in [3.05, 3.63) is 18.0 Å². The number of nitrogens with zero attached hydrogens (tertiary/aromatic N) is 7. The molecule has 0 spiro atoms. The molecule has 1 fully saturated rings. The molecule has 10 nitrogen and oxygen atoms in total. The number of nitrogens with one attached hydrogen (secondary N) is 1. The number of aryl methyl sites for hydroxylation is 1. The Morgan fingerprint density at radius 1 is 1.45 bits per heavy atom. The van der Waals surface area contributed by atoms with Crippen molar-refractivity contribution in [1.29, 1.82) is 0 Å². The molecule has 1 aliphatic rings. The van der Waals surface area contributed by atoms with E-state index in [2.05, 4.69) is 31.0 Å². The second-order valence-corrected chi connectivity index (χ2v) is 5.45. The van der Waals surface area contributed by atoms with E-state index in [1.807, 2.05) is 11.6 Å². The molecule has 2 aromatic heterocycles. The fourth-order valence-electron chi connectivity index (χ4n) is 2.61. The van der Waals surface area contributed by atoms with Gasteiger partial charge < -0.3 is 15.0 Å². The highest BCUT2D eigenvalue weighted by molar-refractivity contribution is 5.76. The van der Waals surface area contributed by atoms with E-state index in [4.69, 9.17) is 5.11 Å². The summed E-state index contributed by atoms with van der Waals surface area (Å²) < 4.78 is 3.35. The standard InChI is InChI=1S/C12H18N8O2/c1-19-10(6-21)15-16-12(19)8-4-9(5-8)14-11(22)2-3-20-7-13-17-18-20/h7-9,21H,2-6H2,1H3,(H,14,22). The Hall–Kier alpha value is -2.36. The molecule has 0 atom stereocenters. The van der Waals surface area contributed by atoms with Crippen molar-refractivity contribution >= 4 is 5.91 Å². The van der Waals surface area contributed by atoms with E-state index in [1.165, 1.54) is 11.0 Å². The number of hydrogen-bond acceptors (Lipinski definition) is 7. The van der Waals surface area contributed by atoms with Crippen LogP contribution in [-0.2, 0) is 25.0 Å². The van der Waals surface area contributed by atoms with Gasteiger partial charge in [0.25, 0.3) is 0 Å². The van der Waals surface area contributed by atoms with Gasteiger partial charge in [-0.2, -0.15) is 0 Å². The van der Waals surface area contributed by atoms with Crippen molar-refractivity contribution in [2.75, 3.05) is 0 Å². The third-order valence-electron chi connectivity index (χ3n) is 3.97. The Morgan fingerprint density at radius 2 is 2.27 bits per heavy atom. The van der Waals surface area contributed by atoms with E-state index < -0.39 is 0 Å². The van der Waals surface area contributed by atoms with Gasteiger partial charge in [-0.15, -0.1) is 15.3 Å². The number of carbonyl (C=O) groups excluding carboxylic acids is 1. The lowest BCUT2D eigenvalue weighted by Gasteiger charge is -2.35. The summed E-state index contributed by atoms with van der Waals surface area (Å²) in [5.41, 5.74) is 0. The van der Waals surface area contributed by atoms with Gasteiger partial charge in [-0.3, -0.25) is 4.79 Å². The van der Waals surface area contributed by atoms with Gasteiger partial charge in [0.2, 0.25) is 5.91 Å². The van der Waals surface area contributed by atoms with Gasteiger partial charge in [0.15, 0.2) is 5.82 Å². The maximum absolute atomic E-state index is 11.8. The van der Waals surface area contributed by atoms with E-state index in [-0.39, 0.29) is 24.5 Å². The fraction of sp³-hybridized carbons (Fsp3) is 0.667. The first-order valence-electron chi connectivity index (χ1n) is 7.16. The predicted molar refractivity (Wildman–Crippen MR) is 73.3 cm³/mol. The van der Waals surface area contributed by atoms with Crippen LogP contribution < -0.4 is 5.32 Å². The largest absolute Gasteiger partial charge is 0.388 e. The highest BCUT2D eigenvalue weighted by atomic mass is 16.3. The third kappa shape index (κ3) is 2.96. The Bertz CT molecular complexity index is 632. The zero-order valence-corrected chi connectivity index (χ0v) is 12.3. The second kappa shape index (κ2) is 6.18. The molecule has 0 aliphatic heterocycles. The first kappa shape index (κ1) is 14.6. The van der Waals surface area contributed by atoms with Crippen molar-refractivity contribution in [1.82, 2.24) is 40.3 Å². The number of hydrogen-bond donors (Lipinski definition) is 2. The maximum Gasteiger partial charge on any atom is 0.222 e. The van der Waals surface area contributed by atoms with E-state index >= 15 is 0 Å². The molecule has 0 saturated heterocycles. The lowest BCUT2D eigenvalue weighted by atomic mass is 9.79. The molecule has 0 unspecified atom stereocenters. The van der Waals surface area contributed by atoms with Crippen LogP contribution in [0.15, 0.2) is 6.33 Å². The summed E-state index contributed by atoms with van der Waals surface area (Å²) in [6, 6.07) is 0.167. The minimum Gasteiger partial charge on any atom is -0.388 e. The summed E-state index contributed by atoms with van der Waals surface area (Å²) in [4.78, 5) is 11.8. The molecule has 22 heavy (non-hydrogen) atoms. The molecule has 2 heterocycles. The first-order valence-corrected chi connectivity index (χ1v) is 7.16. The maximum atomic E-state index is 11.8. The van der Waals surface area contributed by atoms with Crippen molar-refractivity contribution < 1.29 is 9.90 Å². The molecule has 1 amide bonds. The average molecular weight is 306 g/mol. The SMILES string of the molecule is Cn1c(CO)nnc1C1CC(NC(=O)CCn2cnnn2)C1. The van der Waals surface area contributed by atoms with Gasteiger partial charge in [0, 0.05) is 25.4 Å². The van der Waals surface area contributed by atoms with Crippen molar-refractivity contribution in [3.63, 3.8) is 0 Å². The molecular weight excluding hydrogens is 288 g/mol. The topological polar surface area (TPSA) is 124 Å². The number of carbonyl (C=O) groups is 1. The van der Waals surface area contributed by atoms with Crippen LogP contribution >= 0.6 is 0 Å². The molecular formula is C12H18N8O2. The van der Waals surface area contributed by atoms with Gasteiger partial charge >= 0.3 is 0 Å². The van der Waals surface area contributed by atoms with Crippen molar-refractivity contribution in [3.8, 4) is 0 Å². The molecule has 2 aromatic rings. The number of amides is 1. The molecule has 3 rings (SSSR count). The summed E-state index contributed by atoms with van der Waals surface area (Å²) in [7, 11) is 1.85. The van der Waals surface area contributed by atoms with Gasteiger partial charge in [-0.05, 0) is 23.3 Å². The van der Waals surface area contributed by atoms with Crippen LogP contribution in [0.4, 0.5) is 0 Å². The molecule has 0 bridgehead atoms. The molecule has 1 saturated carbocycles. The highest BCUT2D eigenvalue weighted by Crippen LogP contribution is 2.35. The second-order valence-electron chi connectivity index (χ2n) is 5.45. The Balaban J connectivity index is 1.43. The zero-order chi connectivity index (χ0) is 15.5. The van der Waals surface area contributed by atoms with E-state index in [0.717, 1.165) is 18.7 Å². The van der Waals surface area contributed by atoms with Crippen LogP contribution in [0, 0.1) is 0 Å². The van der Waals surface area contributed by atoms with Crippen molar-refractivity contribution in [2.24, 2.45) is 7.05 Å². The van der Waals surface area contributed by atoms with Gasteiger partial charge in [-0.25, -0.2) is 4.68 Å². The Labute approximate surface area is 126 Å². The number of aliphatic hydroxyl groups is 1. The monoisotopic (exact) mass is 306 g/mol. The first-order chi connectivity index (χ1) is 10.7. The summed E-state index contributed by atoms with van der Waals surface area (Å²) in [5.74, 6) is 1.70. The lowest BCUT2D eigenvalue weighted by Crippen LogP contribution is -2.44. The number of rotatable bonds is 6. The number of aliphatic hydroxyl groups excluding tert-OH is 1. The predicted octanol–water partition coefficient (Wildman–Crippen LogP) is -1.25. The number of tetrazole rings is 1. The Kier molecular flexibility index (Phi) is 4.09. The molecule has 1 aliphatic carbocycles. The van der Waals surface area contributed by atoms with Crippen LogP contribution in [0.5, 0.6) is 0 Å². The Morgan fingerprint density at radius 3 is 2.91 bits per heavy atom. The van der Waals surface area contributed by atoms with Crippen LogP contribution in [0.2, 0.25) is 0 Å². The molecule has 0 radical (unpaired) electrons. The van der Waals surface area contributed by atoms with E-state index in [0.29, 0.717) is 18.8 Å². The average Bonchev–Trinajstić information content (AvgIpc) is 3.10. The molecule has 118 valence electrons. The van der Waals surface area contributed by atoms with Gasteiger partial charge in [0.1, 0.15) is 18.8 Å². The van der Waals surface area contributed by atoms with Gasteiger partial charge in [-0.1, -0.05) is 0 Å². The number of aromatic nitrogens is 7. The van der Waals surface area contributed by atoms with Crippen molar-refractivity contribution in [2.45, 2.75) is 44.4 Å². The van der Waals surface area contributed by atoms with E-state index in [9.17, 15) is 4.79 Å². The smallest absolute Gasteiger partial charge is 0.222 e. The summed E-state index contributed by atoms with van der Waals surface area (Å²) >= 11 is 0. The molecule has 10 heteroatoms. The quantitative estimate of drug-likeness (QED) is 0.683. The summed E-state index contributed by atoms with van der Waals surface area (Å²) in [6.45, 7) is 0.353. The summed E-state index contributed by atoms with van der Waals surface area (Å²) in [6.07, 6.45) is 3.52. The fourth-order valence-corrected chi connectivity index (χ4v) is 2.61. The molecule has 2 N–H and O–H groups in total. The summed E-state index contributed by atoms with van der Waals surface area (Å²) in [5, 5.41) is 30.9. The highest BCUT2D eigenvalue weighted by Gasteiger charge is 2.34. The minimum absolute atomic E-state index is 0.00652. The minimum atomic E-state index is -0.118. The van der Waals surface area contributed by atoms with Crippen LogP contribution in [0.1, 0.15) is 36.8 Å². The van der Waals surface area contributed by atoms with Crippen LogP contribution in [0.3, 0.4) is 0 Å². The van der Waals surface area contributed by atoms with Crippen LogP contribution in [0.25, 0.3) is 0 Å². The lowest BCUT2D eigenvalue weighted by molar-refractivity contribution is -0.122. The molecule has 0 aromatic carbocycles. The van der Waals surface area contributed by atoms with Crippen LogP contribution in [-0.4, -0.2) is 52.0 Å².